The van der Waals surface area contributed by atoms with Crippen molar-refractivity contribution in [2.75, 3.05) is 6.61 Å². The summed E-state index contributed by atoms with van der Waals surface area (Å²) in [5.74, 6) is 0.870. The molecule has 0 aliphatic rings. The topological polar surface area (TPSA) is 67.0 Å². The van der Waals surface area contributed by atoms with Crippen LogP contribution in [0.1, 0.15) is 25.0 Å². The Morgan fingerprint density at radius 3 is 2.33 bits per heavy atom. The molecule has 1 unspecified atom stereocenters. The number of aromatic amines is 1. The van der Waals surface area contributed by atoms with Gasteiger partial charge in [-0.2, -0.15) is 5.10 Å². The number of carbonyl (C=O) groups is 1. The lowest BCUT2D eigenvalue weighted by Gasteiger charge is -2.13. The van der Waals surface area contributed by atoms with Gasteiger partial charge in [0, 0.05) is 25.6 Å². The fraction of sp³-hybridized carbons (Fsp3) is 0.273. The first-order valence-electron chi connectivity index (χ1n) is 9.17. The number of hydrogen-bond donors (Lipinski definition) is 2. The van der Waals surface area contributed by atoms with E-state index in [4.69, 9.17) is 4.74 Å². The minimum Gasteiger partial charge on any atom is -0.493 e. The van der Waals surface area contributed by atoms with Crippen molar-refractivity contribution in [3.8, 4) is 16.9 Å². The summed E-state index contributed by atoms with van der Waals surface area (Å²) in [6, 6.07) is 16.7. The lowest BCUT2D eigenvalue weighted by molar-refractivity contribution is -0.119. The Labute approximate surface area is 159 Å². The van der Waals surface area contributed by atoms with Crippen molar-refractivity contribution >= 4 is 5.91 Å². The van der Waals surface area contributed by atoms with Crippen molar-refractivity contribution in [2.45, 2.75) is 32.7 Å². The van der Waals surface area contributed by atoms with Crippen LogP contribution in [0.15, 0.2) is 60.9 Å². The average molecular weight is 363 g/mol. The molecule has 1 heterocycles. The fourth-order valence-electron chi connectivity index (χ4n) is 3.03. The van der Waals surface area contributed by atoms with Gasteiger partial charge in [0.25, 0.3) is 0 Å². The number of hydrogen-bond acceptors (Lipinski definition) is 3. The summed E-state index contributed by atoms with van der Waals surface area (Å²) < 4.78 is 5.79. The van der Waals surface area contributed by atoms with Gasteiger partial charge in [-0.15, -0.1) is 0 Å². The lowest BCUT2D eigenvalue weighted by Crippen LogP contribution is -2.31. The molecule has 140 valence electrons. The second kappa shape index (κ2) is 9.03. The van der Waals surface area contributed by atoms with E-state index in [9.17, 15) is 4.79 Å². The quantitative estimate of drug-likeness (QED) is 0.640. The van der Waals surface area contributed by atoms with Crippen molar-refractivity contribution in [3.63, 3.8) is 0 Å². The predicted octanol–water partition coefficient (Wildman–Crippen LogP) is 3.77. The molecule has 0 fully saturated rings. The molecule has 0 aliphatic heterocycles. The van der Waals surface area contributed by atoms with Gasteiger partial charge >= 0.3 is 0 Å². The van der Waals surface area contributed by atoms with Gasteiger partial charge in [-0.05, 0) is 47.7 Å². The van der Waals surface area contributed by atoms with Crippen LogP contribution in [-0.2, 0) is 17.6 Å². The fourth-order valence-corrected chi connectivity index (χ4v) is 3.03. The van der Waals surface area contributed by atoms with E-state index >= 15 is 0 Å². The third-order valence-electron chi connectivity index (χ3n) is 4.35. The molecule has 0 saturated heterocycles. The molecular formula is C22H25N3O2. The molecule has 1 amide bonds. The Morgan fingerprint density at radius 2 is 1.74 bits per heavy atom. The highest BCUT2D eigenvalue weighted by atomic mass is 16.5. The van der Waals surface area contributed by atoms with Crippen LogP contribution >= 0.6 is 0 Å². The molecule has 3 rings (SSSR count). The summed E-state index contributed by atoms with van der Waals surface area (Å²) in [6.07, 6.45) is 5.35. The number of ether oxygens (including phenoxy) is 1. The van der Waals surface area contributed by atoms with Crippen LogP contribution in [0, 0.1) is 0 Å². The standard InChI is InChI=1S/C22H25N3O2/c1-16(25-17(2)26)13-18-3-5-20(6-4-18)21-7-9-22(10-8-21)27-12-11-19-14-23-24-15-19/h3-10,14-16H,11-13H2,1-2H3,(H,23,24)(H,25,26). The number of carbonyl (C=O) groups excluding carboxylic acids is 1. The molecule has 3 aromatic rings. The van der Waals surface area contributed by atoms with Crippen molar-refractivity contribution < 1.29 is 9.53 Å². The van der Waals surface area contributed by atoms with Crippen LogP contribution in [0.3, 0.4) is 0 Å². The summed E-state index contributed by atoms with van der Waals surface area (Å²) in [7, 11) is 0. The zero-order valence-corrected chi connectivity index (χ0v) is 15.7. The zero-order chi connectivity index (χ0) is 19.1. The summed E-state index contributed by atoms with van der Waals surface area (Å²) in [6.45, 7) is 4.19. The summed E-state index contributed by atoms with van der Waals surface area (Å²) in [5, 5.41) is 9.64. The largest absolute Gasteiger partial charge is 0.493 e. The number of rotatable bonds is 8. The Balaban J connectivity index is 1.54. The molecule has 1 aromatic heterocycles. The van der Waals surface area contributed by atoms with E-state index < -0.39 is 0 Å². The smallest absolute Gasteiger partial charge is 0.217 e. The molecule has 5 heteroatoms. The minimum atomic E-state index is 0.00574. The van der Waals surface area contributed by atoms with E-state index in [2.05, 4.69) is 51.9 Å². The lowest BCUT2D eigenvalue weighted by atomic mass is 10.0. The van der Waals surface area contributed by atoms with Crippen molar-refractivity contribution in [2.24, 2.45) is 0 Å². The summed E-state index contributed by atoms with van der Waals surface area (Å²) >= 11 is 0. The molecule has 27 heavy (non-hydrogen) atoms. The first-order valence-corrected chi connectivity index (χ1v) is 9.17. The average Bonchev–Trinajstić information content (AvgIpc) is 3.16. The number of nitrogens with one attached hydrogen (secondary N) is 2. The highest BCUT2D eigenvalue weighted by molar-refractivity contribution is 5.73. The van der Waals surface area contributed by atoms with Gasteiger partial charge in [0.05, 0.1) is 12.8 Å². The third-order valence-corrected chi connectivity index (χ3v) is 4.35. The van der Waals surface area contributed by atoms with E-state index in [1.54, 1.807) is 6.92 Å². The molecule has 0 radical (unpaired) electrons. The van der Waals surface area contributed by atoms with Crippen molar-refractivity contribution in [1.29, 1.82) is 0 Å². The molecule has 2 aromatic carbocycles. The van der Waals surface area contributed by atoms with Gasteiger partial charge in [-0.3, -0.25) is 9.89 Å². The number of benzene rings is 2. The van der Waals surface area contributed by atoms with Crippen LogP contribution in [0.25, 0.3) is 11.1 Å². The van der Waals surface area contributed by atoms with Gasteiger partial charge in [0.15, 0.2) is 0 Å². The molecule has 0 saturated carbocycles. The molecule has 2 N–H and O–H groups in total. The second-order valence-corrected chi connectivity index (χ2v) is 6.73. The first-order chi connectivity index (χ1) is 13.1. The molecule has 5 nitrogen and oxygen atoms in total. The van der Waals surface area contributed by atoms with Gasteiger partial charge in [-0.1, -0.05) is 36.4 Å². The van der Waals surface area contributed by atoms with Crippen LogP contribution in [-0.4, -0.2) is 28.8 Å². The first kappa shape index (κ1) is 18.7. The maximum Gasteiger partial charge on any atom is 0.217 e. The minimum absolute atomic E-state index is 0.00574. The Morgan fingerprint density at radius 1 is 1.07 bits per heavy atom. The number of H-pyrrole nitrogens is 1. The predicted molar refractivity (Wildman–Crippen MR) is 107 cm³/mol. The maximum atomic E-state index is 11.1. The highest BCUT2D eigenvalue weighted by Gasteiger charge is 2.05. The number of amides is 1. The number of aromatic nitrogens is 2. The van der Waals surface area contributed by atoms with E-state index in [0.29, 0.717) is 6.61 Å². The molecule has 0 spiro atoms. The van der Waals surface area contributed by atoms with Crippen LogP contribution < -0.4 is 10.1 Å². The summed E-state index contributed by atoms with van der Waals surface area (Å²) in [5.41, 5.74) is 4.66. The van der Waals surface area contributed by atoms with Gasteiger partial charge < -0.3 is 10.1 Å². The monoisotopic (exact) mass is 363 g/mol. The molecule has 0 aliphatic carbocycles. The highest BCUT2D eigenvalue weighted by Crippen LogP contribution is 2.23. The van der Waals surface area contributed by atoms with E-state index in [1.165, 1.54) is 5.56 Å². The van der Waals surface area contributed by atoms with Gasteiger partial charge in [-0.25, -0.2) is 0 Å². The third kappa shape index (κ3) is 5.71. The SMILES string of the molecule is CC(=O)NC(C)Cc1ccc(-c2ccc(OCCc3cn[nH]c3)cc2)cc1. The van der Waals surface area contributed by atoms with Crippen LogP contribution in [0.5, 0.6) is 5.75 Å². The van der Waals surface area contributed by atoms with E-state index in [-0.39, 0.29) is 11.9 Å². The van der Waals surface area contributed by atoms with Crippen molar-refractivity contribution in [1.82, 2.24) is 15.5 Å². The van der Waals surface area contributed by atoms with Crippen LogP contribution in [0.4, 0.5) is 0 Å². The zero-order valence-electron chi connectivity index (χ0n) is 15.7. The maximum absolute atomic E-state index is 11.1. The van der Waals surface area contributed by atoms with Gasteiger partial charge in [0.2, 0.25) is 5.91 Å². The van der Waals surface area contributed by atoms with E-state index in [1.807, 2.05) is 31.5 Å². The Hall–Kier alpha value is -3.08. The van der Waals surface area contributed by atoms with Gasteiger partial charge in [0.1, 0.15) is 5.75 Å². The van der Waals surface area contributed by atoms with E-state index in [0.717, 1.165) is 35.3 Å². The normalized spacial score (nSPS) is 11.8. The second-order valence-electron chi connectivity index (χ2n) is 6.73. The Kier molecular flexibility index (Phi) is 6.26. The van der Waals surface area contributed by atoms with Crippen LogP contribution in [0.2, 0.25) is 0 Å². The number of nitrogens with zero attached hydrogens (tertiary/aromatic N) is 1. The molecular weight excluding hydrogens is 338 g/mol. The van der Waals surface area contributed by atoms with Crippen molar-refractivity contribution in [3.05, 3.63) is 72.1 Å². The molecule has 1 atom stereocenters. The molecule has 0 bridgehead atoms. The summed E-state index contributed by atoms with van der Waals surface area (Å²) in [4.78, 5) is 11.1. The Bertz CT molecular complexity index is 840.